The molecule has 8 aromatic rings. The third-order valence-electron chi connectivity index (χ3n) is 16.0. The number of hydrogen-bond donors (Lipinski definition) is 2. The predicted octanol–water partition coefficient (Wildman–Crippen LogP) is 19.6. The number of anilines is 3. The summed E-state index contributed by atoms with van der Waals surface area (Å²) in [5, 5.41) is 38.3. The lowest BCUT2D eigenvalue weighted by Gasteiger charge is -2.35. The molecule has 3 heterocycles. The van der Waals surface area contributed by atoms with Crippen LogP contribution in [0.5, 0.6) is 0 Å². The number of carboxylic acids is 2. The number of carbonyl (C=O) groups is 2. The first kappa shape index (κ1) is 53.8. The van der Waals surface area contributed by atoms with Crippen molar-refractivity contribution in [2.24, 2.45) is 0 Å². The van der Waals surface area contributed by atoms with Crippen LogP contribution in [-0.4, -0.2) is 22.2 Å². The Kier molecular flexibility index (Phi) is 16.0. The normalized spacial score (nSPS) is 13.8. The molecule has 0 atom stereocenters. The molecule has 2 N–H and O–H groups in total. The summed E-state index contributed by atoms with van der Waals surface area (Å²) in [6.45, 7) is 9.23. The Morgan fingerprint density at radius 2 is 0.897 bits per heavy atom. The van der Waals surface area contributed by atoms with E-state index in [2.05, 4.69) is 148 Å². The van der Waals surface area contributed by atoms with Gasteiger partial charge in [-0.1, -0.05) is 152 Å². The number of nitrogens with zero attached hydrogens (tertiary/aromatic N) is 3. The first-order valence-corrected chi connectivity index (χ1v) is 29.9. The molecule has 2 aliphatic rings. The molecule has 0 saturated heterocycles. The highest BCUT2D eigenvalue weighted by atomic mass is 32.1. The van der Waals surface area contributed by atoms with E-state index in [1.165, 1.54) is 79.3 Å². The van der Waals surface area contributed by atoms with Gasteiger partial charge in [0.25, 0.3) is 0 Å². The number of unbranched alkanes of at least 4 members (excludes halogenated alkanes) is 4. The van der Waals surface area contributed by atoms with Crippen molar-refractivity contribution >= 4 is 75.2 Å². The number of hydrogen-bond acceptors (Lipinski definition) is 8. The molecular weight excluding hydrogens is 1020 g/mol. The highest BCUT2D eigenvalue weighted by molar-refractivity contribution is 7.25. The van der Waals surface area contributed by atoms with Crippen LogP contribution < -0.4 is 4.90 Å². The first-order chi connectivity index (χ1) is 38.0. The summed E-state index contributed by atoms with van der Waals surface area (Å²) in [6, 6.07) is 54.9. The fourth-order valence-electron chi connectivity index (χ4n) is 12.2. The van der Waals surface area contributed by atoms with E-state index in [1.807, 2.05) is 24.3 Å². The monoisotopic (exact) mass is 1080 g/mol. The smallest absolute Gasteiger partial charge is 0.346 e. The highest BCUT2D eigenvalue weighted by Crippen LogP contribution is 2.58. The van der Waals surface area contributed by atoms with Crippen molar-refractivity contribution in [2.75, 3.05) is 4.90 Å². The quantitative estimate of drug-likeness (QED) is 0.0511. The Hall–Kier alpha value is -7.60. The number of rotatable bonds is 22. The van der Waals surface area contributed by atoms with E-state index in [4.69, 9.17) is 0 Å². The molecule has 0 spiro atoms. The van der Waals surface area contributed by atoms with Crippen molar-refractivity contribution in [3.05, 3.63) is 183 Å². The molecule has 0 unspecified atom stereocenters. The molecule has 10 heteroatoms. The maximum atomic E-state index is 11.8. The third-order valence-corrected chi connectivity index (χ3v) is 19.5. The van der Waals surface area contributed by atoms with Crippen LogP contribution in [0.25, 0.3) is 65.0 Å². The van der Waals surface area contributed by atoms with Crippen LogP contribution >= 0.6 is 34.0 Å². The van der Waals surface area contributed by atoms with E-state index in [1.54, 1.807) is 23.5 Å². The summed E-state index contributed by atoms with van der Waals surface area (Å²) in [7, 11) is 0. The van der Waals surface area contributed by atoms with Crippen LogP contribution in [0.15, 0.2) is 151 Å². The zero-order valence-electron chi connectivity index (χ0n) is 44.7. The first-order valence-electron chi connectivity index (χ1n) is 27.4. The predicted molar refractivity (Wildman–Crippen MR) is 324 cm³/mol. The summed E-state index contributed by atoms with van der Waals surface area (Å²) in [5.41, 5.74) is 15.5. The van der Waals surface area contributed by atoms with Crippen LogP contribution in [0, 0.1) is 22.7 Å². The largest absolute Gasteiger partial charge is 0.477 e. The number of nitriles is 2. The molecule has 3 aromatic heterocycles. The van der Waals surface area contributed by atoms with Gasteiger partial charge in [0.1, 0.15) is 23.3 Å². The Morgan fingerprint density at radius 1 is 0.474 bits per heavy atom. The van der Waals surface area contributed by atoms with Crippen LogP contribution in [-0.2, 0) is 20.4 Å². The standard InChI is InChI=1S/C68H63N3O4S3/c1-5-9-33-67(34-10-6-2)57-19-15-13-17-52(57)54-29-25-48(39-59(54)67)71(49-26-30-55-53-18-14-16-20-58(53)68(35-11-7-3,36-12-8-4)60(55)40-49)47-23-21-44(22-24-47)63-41-56(61-31-27-50(76-61)37-45(42-69)65(72)73)64(78-63)62-32-28-51(77-62)38-46(43-70)66(74)75/h13-32,37-41H,5-12,33-36H2,1-4H3,(H,72,73)(H,74,75)/b45-37+,46-38+. The average Bonchev–Trinajstić information content (AvgIpc) is 4.50. The lowest BCUT2D eigenvalue weighted by molar-refractivity contribution is -0.133. The van der Waals surface area contributed by atoms with Gasteiger partial charge in [-0.05, 0) is 155 Å². The maximum absolute atomic E-state index is 11.8. The number of benzene rings is 5. The minimum absolute atomic E-state index is 0.0884. The van der Waals surface area contributed by atoms with Crippen molar-refractivity contribution in [3.8, 4) is 65.0 Å². The van der Waals surface area contributed by atoms with E-state index in [0.717, 1.165) is 125 Å². The van der Waals surface area contributed by atoms with Gasteiger partial charge in [0.2, 0.25) is 0 Å². The second kappa shape index (κ2) is 23.2. The van der Waals surface area contributed by atoms with Gasteiger partial charge < -0.3 is 15.1 Å². The van der Waals surface area contributed by atoms with Gasteiger partial charge in [-0.25, -0.2) is 9.59 Å². The molecule has 7 nitrogen and oxygen atoms in total. The van der Waals surface area contributed by atoms with Gasteiger partial charge in [-0.2, -0.15) is 10.5 Å². The summed E-state index contributed by atoms with van der Waals surface area (Å²) in [4.78, 5) is 31.1. The molecule has 78 heavy (non-hydrogen) atoms. The lowest BCUT2D eigenvalue weighted by atomic mass is 9.70. The van der Waals surface area contributed by atoms with E-state index in [0.29, 0.717) is 9.75 Å². The van der Waals surface area contributed by atoms with Gasteiger partial charge in [-0.3, -0.25) is 0 Å². The van der Waals surface area contributed by atoms with Gasteiger partial charge >= 0.3 is 11.9 Å². The Morgan fingerprint density at radius 3 is 1.35 bits per heavy atom. The van der Waals surface area contributed by atoms with E-state index in [-0.39, 0.29) is 22.0 Å². The molecule has 0 radical (unpaired) electrons. The molecule has 392 valence electrons. The molecule has 2 aliphatic carbocycles. The summed E-state index contributed by atoms with van der Waals surface area (Å²) in [5.74, 6) is -2.57. The van der Waals surface area contributed by atoms with Gasteiger partial charge in [-0.15, -0.1) is 34.0 Å². The minimum Gasteiger partial charge on any atom is -0.477 e. The van der Waals surface area contributed by atoms with E-state index >= 15 is 0 Å². The molecule has 0 bridgehead atoms. The summed E-state index contributed by atoms with van der Waals surface area (Å²) < 4.78 is 0. The second-order valence-electron chi connectivity index (χ2n) is 20.7. The number of carboxylic acid groups (broad SMARTS) is 2. The number of thiophene rings is 3. The molecule has 10 rings (SSSR count). The zero-order valence-corrected chi connectivity index (χ0v) is 47.1. The van der Waals surface area contributed by atoms with Gasteiger partial charge in [0, 0.05) is 57.8 Å². The maximum Gasteiger partial charge on any atom is 0.346 e. The molecule has 0 aliphatic heterocycles. The van der Waals surface area contributed by atoms with Crippen molar-refractivity contribution in [3.63, 3.8) is 0 Å². The fraction of sp³-hybridized carbons (Fsp3) is 0.265. The Balaban J connectivity index is 1.13. The van der Waals surface area contributed by atoms with Crippen LogP contribution in [0.2, 0.25) is 0 Å². The van der Waals surface area contributed by atoms with E-state index < -0.39 is 11.9 Å². The van der Waals surface area contributed by atoms with Gasteiger partial charge in [0.15, 0.2) is 0 Å². The Labute approximate surface area is 470 Å². The van der Waals surface area contributed by atoms with Crippen molar-refractivity contribution in [1.29, 1.82) is 10.5 Å². The SMILES string of the molecule is CCCCC1(CCCC)c2ccccc2-c2ccc(N(c3ccc(-c4cc(-c5ccc(/C=C(\C#N)C(=O)O)s5)c(-c5ccc(/C=C(\C#N)C(=O)O)s5)s4)cc3)c3ccc4c(c3)C(CCCC)(CCCC)c3ccccc3-4)cc21. The molecule has 0 fully saturated rings. The van der Waals surface area contributed by atoms with Crippen molar-refractivity contribution < 1.29 is 19.8 Å². The highest BCUT2D eigenvalue weighted by Gasteiger charge is 2.44. The fourth-order valence-corrected chi connectivity index (χ4v) is 15.5. The second-order valence-corrected chi connectivity index (χ2v) is 24.0. The molecule has 0 saturated carbocycles. The molecular formula is C68H63N3O4S3. The lowest BCUT2D eigenvalue weighted by Crippen LogP contribution is -2.26. The number of fused-ring (bicyclic) bond motifs is 6. The molecule has 5 aromatic carbocycles. The third kappa shape index (κ3) is 9.99. The van der Waals surface area contributed by atoms with Crippen molar-refractivity contribution in [1.82, 2.24) is 0 Å². The average molecular weight is 1080 g/mol. The minimum atomic E-state index is -1.28. The van der Waals surface area contributed by atoms with E-state index in [9.17, 15) is 30.3 Å². The van der Waals surface area contributed by atoms with Crippen LogP contribution in [0.4, 0.5) is 17.1 Å². The van der Waals surface area contributed by atoms with Crippen LogP contribution in [0.3, 0.4) is 0 Å². The summed E-state index contributed by atoms with van der Waals surface area (Å²) in [6.07, 6.45) is 16.3. The molecule has 0 amide bonds. The van der Waals surface area contributed by atoms with Gasteiger partial charge in [0.05, 0.1) is 4.88 Å². The van der Waals surface area contributed by atoms with Crippen molar-refractivity contribution in [2.45, 2.75) is 116 Å². The number of aliphatic carboxylic acids is 2. The van der Waals surface area contributed by atoms with Crippen LogP contribution in [0.1, 0.15) is 137 Å². The topological polar surface area (TPSA) is 125 Å². The Bertz CT molecular complexity index is 3470. The summed E-state index contributed by atoms with van der Waals surface area (Å²) >= 11 is 4.42. The zero-order chi connectivity index (χ0) is 54.6.